The molecule has 0 spiro atoms. The zero-order chi connectivity index (χ0) is 36.2. The van der Waals surface area contributed by atoms with Crippen LogP contribution in [0.15, 0.2) is 43.0 Å². The van der Waals surface area contributed by atoms with Crippen LogP contribution in [0, 0.1) is 11.8 Å². The molecule has 0 saturated carbocycles. The summed E-state index contributed by atoms with van der Waals surface area (Å²) < 4.78 is 4.80. The van der Waals surface area contributed by atoms with Crippen LogP contribution in [0.25, 0.3) is 0 Å². The lowest BCUT2D eigenvalue weighted by atomic mass is 9.93. The predicted molar refractivity (Wildman–Crippen MR) is 177 cm³/mol. The predicted octanol–water partition coefficient (Wildman–Crippen LogP) is 1.55. The number of primary amides is 1. The fourth-order valence-corrected chi connectivity index (χ4v) is 4.64. The van der Waals surface area contributed by atoms with Gasteiger partial charge in [-0.2, -0.15) is 0 Å². The summed E-state index contributed by atoms with van der Waals surface area (Å²) in [6.45, 7) is 10.8. The Kier molecular flexibility index (Phi) is 18.6. The van der Waals surface area contributed by atoms with Crippen LogP contribution in [0.2, 0.25) is 0 Å². The second-order valence-corrected chi connectivity index (χ2v) is 11.9. The molecular formula is C33H50N6O9. The van der Waals surface area contributed by atoms with E-state index in [1.807, 2.05) is 13.8 Å². The second-order valence-electron chi connectivity index (χ2n) is 11.9. The van der Waals surface area contributed by atoms with Gasteiger partial charge in [0.2, 0.25) is 23.5 Å². The number of nitrogens with two attached hydrogens (primary N) is 1. The smallest absolute Gasteiger partial charge is 0.407 e. The number of hydrogen-bond acceptors (Lipinski definition) is 8. The maximum Gasteiger partial charge on any atom is 0.407 e. The van der Waals surface area contributed by atoms with E-state index in [4.69, 9.17) is 10.5 Å². The molecule has 1 aromatic carbocycles. The first-order valence-electron chi connectivity index (χ1n) is 16.0. The van der Waals surface area contributed by atoms with E-state index in [-0.39, 0.29) is 38.3 Å². The van der Waals surface area contributed by atoms with Gasteiger partial charge in [-0.05, 0) is 43.1 Å². The molecule has 5 unspecified atom stereocenters. The van der Waals surface area contributed by atoms with Crippen molar-refractivity contribution in [3.8, 4) is 0 Å². The van der Waals surface area contributed by atoms with E-state index < -0.39 is 71.7 Å². The van der Waals surface area contributed by atoms with Crippen molar-refractivity contribution < 1.29 is 43.4 Å². The quantitative estimate of drug-likeness (QED) is 0.0536. The zero-order valence-corrected chi connectivity index (χ0v) is 28.1. The lowest BCUT2D eigenvalue weighted by Gasteiger charge is -2.28. The van der Waals surface area contributed by atoms with Crippen molar-refractivity contribution in [1.82, 2.24) is 26.6 Å². The Morgan fingerprint density at radius 1 is 0.896 bits per heavy atom. The number of unbranched alkanes of at least 4 members (excludes halogenated alkanes) is 1. The molecule has 266 valence electrons. The molecule has 0 saturated heterocycles. The van der Waals surface area contributed by atoms with E-state index >= 15 is 0 Å². The van der Waals surface area contributed by atoms with Gasteiger partial charge in [-0.15, -0.1) is 0 Å². The number of hydrogen-bond donors (Lipinski definition) is 7. The molecule has 0 aromatic heterocycles. The molecule has 5 atom stereocenters. The minimum absolute atomic E-state index is 0.0307. The second kappa shape index (κ2) is 21.8. The molecule has 0 aliphatic heterocycles. The number of benzene rings is 1. The topological polar surface area (TPSA) is 235 Å². The summed E-state index contributed by atoms with van der Waals surface area (Å²) in [4.78, 5) is 88.2. The van der Waals surface area contributed by atoms with E-state index in [0.29, 0.717) is 24.8 Å². The standard InChI is InChI=1S/C33H50N6O9/c1-6-17-48-33(47)35-16-12-11-15-23(28(34)41)36-31(44)27(40)26(21(5)7-2)39-30(43)24(18-20(3)4)37-29(42)25(38-32(45)46)19-22-13-9-8-10-14-22/h6,8-10,13-14,20-21,23-26,38H,1,7,11-12,15-19H2,2-5H3,(H2,34,41)(H,35,47)(H,36,44)(H,37,42)(H,39,43)(H,45,46). The molecule has 0 fully saturated rings. The van der Waals surface area contributed by atoms with Crippen LogP contribution in [0.4, 0.5) is 9.59 Å². The maximum absolute atomic E-state index is 13.6. The van der Waals surface area contributed by atoms with Crippen molar-refractivity contribution in [3.63, 3.8) is 0 Å². The van der Waals surface area contributed by atoms with Gasteiger partial charge < -0.3 is 42.2 Å². The number of Topliss-reactive ketones (excluding diaryl/α,β-unsaturated/α-hetero) is 1. The molecule has 0 radical (unpaired) electrons. The minimum Gasteiger partial charge on any atom is -0.465 e. The third-order valence-electron chi connectivity index (χ3n) is 7.42. The van der Waals surface area contributed by atoms with E-state index in [1.165, 1.54) is 6.08 Å². The highest BCUT2D eigenvalue weighted by molar-refractivity contribution is 6.38. The lowest BCUT2D eigenvalue weighted by molar-refractivity contribution is -0.142. The van der Waals surface area contributed by atoms with Crippen LogP contribution < -0.4 is 32.3 Å². The SMILES string of the molecule is C=CCOC(=O)NCCCCC(NC(=O)C(=O)C(NC(=O)C(CC(C)C)NC(=O)C(Cc1ccccc1)NC(=O)O)C(C)CC)C(N)=O. The highest BCUT2D eigenvalue weighted by Crippen LogP contribution is 2.13. The van der Waals surface area contributed by atoms with E-state index in [1.54, 1.807) is 44.2 Å². The van der Waals surface area contributed by atoms with Gasteiger partial charge in [0.05, 0.1) is 6.04 Å². The largest absolute Gasteiger partial charge is 0.465 e. The molecule has 0 bridgehead atoms. The third-order valence-corrected chi connectivity index (χ3v) is 7.42. The number of ether oxygens (including phenoxy) is 1. The monoisotopic (exact) mass is 674 g/mol. The van der Waals surface area contributed by atoms with Gasteiger partial charge in [-0.25, -0.2) is 9.59 Å². The van der Waals surface area contributed by atoms with Crippen molar-refractivity contribution in [3.05, 3.63) is 48.6 Å². The Bertz CT molecular complexity index is 1260. The molecule has 0 aliphatic carbocycles. The normalized spacial score (nSPS) is 13.9. The van der Waals surface area contributed by atoms with Crippen LogP contribution in [-0.4, -0.2) is 84.0 Å². The molecule has 15 heteroatoms. The number of ketones is 1. The average Bonchev–Trinajstić information content (AvgIpc) is 3.03. The molecule has 0 aliphatic rings. The highest BCUT2D eigenvalue weighted by Gasteiger charge is 2.35. The van der Waals surface area contributed by atoms with Crippen LogP contribution >= 0.6 is 0 Å². The Morgan fingerprint density at radius 3 is 2.10 bits per heavy atom. The van der Waals surface area contributed by atoms with Crippen molar-refractivity contribution in [2.45, 2.75) is 90.4 Å². The zero-order valence-electron chi connectivity index (χ0n) is 28.1. The first-order valence-corrected chi connectivity index (χ1v) is 16.0. The fourth-order valence-electron chi connectivity index (χ4n) is 4.64. The summed E-state index contributed by atoms with van der Waals surface area (Å²) in [6, 6.07) is 3.90. The van der Waals surface area contributed by atoms with Crippen LogP contribution in [0.5, 0.6) is 0 Å². The average molecular weight is 675 g/mol. The molecule has 48 heavy (non-hydrogen) atoms. The summed E-state index contributed by atoms with van der Waals surface area (Å²) >= 11 is 0. The number of carbonyl (C=O) groups excluding carboxylic acids is 6. The molecule has 8 N–H and O–H groups in total. The summed E-state index contributed by atoms with van der Waals surface area (Å²) in [6.07, 6.45) is 0.850. The van der Waals surface area contributed by atoms with Gasteiger partial charge in [0.25, 0.3) is 5.91 Å². The molecule has 6 amide bonds. The lowest BCUT2D eigenvalue weighted by Crippen LogP contribution is -2.59. The number of carboxylic acid groups (broad SMARTS) is 1. The maximum atomic E-state index is 13.6. The van der Waals surface area contributed by atoms with Crippen LogP contribution in [0.3, 0.4) is 0 Å². The minimum atomic E-state index is -1.42. The van der Waals surface area contributed by atoms with Crippen LogP contribution in [0.1, 0.15) is 65.4 Å². The van der Waals surface area contributed by atoms with Gasteiger partial charge in [0.1, 0.15) is 24.7 Å². The Labute approximate surface area is 281 Å². The van der Waals surface area contributed by atoms with E-state index in [9.17, 15) is 38.7 Å². The molecule has 1 rings (SSSR count). The fraction of sp³-hybridized carbons (Fsp3) is 0.545. The van der Waals surface area contributed by atoms with Gasteiger partial charge in [-0.1, -0.05) is 77.1 Å². The summed E-state index contributed by atoms with van der Waals surface area (Å²) in [5.41, 5.74) is 6.16. The van der Waals surface area contributed by atoms with E-state index in [2.05, 4.69) is 33.2 Å². The van der Waals surface area contributed by atoms with Crippen molar-refractivity contribution >= 4 is 41.6 Å². The number of amides is 6. The number of rotatable bonds is 22. The number of alkyl carbamates (subject to hydrolysis) is 1. The van der Waals surface area contributed by atoms with Gasteiger partial charge in [0, 0.05) is 13.0 Å². The number of carbonyl (C=O) groups is 7. The molecule has 0 heterocycles. The van der Waals surface area contributed by atoms with Gasteiger partial charge in [-0.3, -0.25) is 24.0 Å². The van der Waals surface area contributed by atoms with Crippen molar-refractivity contribution in [2.75, 3.05) is 13.2 Å². The van der Waals surface area contributed by atoms with Crippen molar-refractivity contribution in [1.29, 1.82) is 0 Å². The van der Waals surface area contributed by atoms with E-state index in [0.717, 1.165) is 0 Å². The number of nitrogens with one attached hydrogen (secondary N) is 5. The highest BCUT2D eigenvalue weighted by atomic mass is 16.5. The molecule has 1 aromatic rings. The van der Waals surface area contributed by atoms with Gasteiger partial charge in [0.15, 0.2) is 0 Å². The molecule has 15 nitrogen and oxygen atoms in total. The van der Waals surface area contributed by atoms with Gasteiger partial charge >= 0.3 is 12.2 Å². The first kappa shape index (κ1) is 41.1. The Balaban J connectivity index is 2.99. The first-order chi connectivity index (χ1) is 22.7. The van der Waals surface area contributed by atoms with Crippen LogP contribution in [-0.2, 0) is 35.1 Å². The van der Waals surface area contributed by atoms with Crippen molar-refractivity contribution in [2.24, 2.45) is 17.6 Å². The Morgan fingerprint density at radius 2 is 1.54 bits per heavy atom. The summed E-state index contributed by atoms with van der Waals surface area (Å²) in [5.74, 6) is -5.05. The summed E-state index contributed by atoms with van der Waals surface area (Å²) in [5, 5.41) is 21.6. The summed E-state index contributed by atoms with van der Waals surface area (Å²) in [7, 11) is 0. The Hall–Kier alpha value is -4.95. The molecular weight excluding hydrogens is 624 g/mol. The third kappa shape index (κ3) is 15.6.